The second-order valence-electron chi connectivity index (χ2n) is 6.80. The fourth-order valence-corrected chi connectivity index (χ4v) is 2.42. The Bertz CT molecular complexity index is 299. The Morgan fingerprint density at radius 1 is 1.16 bits per heavy atom. The van der Waals surface area contributed by atoms with E-state index >= 15 is 0 Å². The van der Waals surface area contributed by atoms with Crippen LogP contribution in [-0.4, -0.2) is 42.4 Å². The molecule has 1 aliphatic carbocycles. The minimum Gasteiger partial charge on any atom is -0.444 e. The maximum atomic E-state index is 11.9. The number of ether oxygens (including phenoxy) is 2. The summed E-state index contributed by atoms with van der Waals surface area (Å²) in [7, 11) is 0. The third kappa shape index (κ3) is 4.68. The molecule has 4 nitrogen and oxygen atoms in total. The number of hydrogen-bond donors (Lipinski definition) is 0. The predicted molar refractivity (Wildman–Crippen MR) is 74.1 cm³/mol. The summed E-state index contributed by atoms with van der Waals surface area (Å²) in [6, 6.07) is 0. The first-order valence-corrected chi connectivity index (χ1v) is 7.53. The van der Waals surface area contributed by atoms with Crippen LogP contribution in [0.25, 0.3) is 0 Å². The van der Waals surface area contributed by atoms with E-state index in [1.807, 2.05) is 25.7 Å². The molecule has 1 amide bonds. The number of rotatable bonds is 3. The largest absolute Gasteiger partial charge is 0.444 e. The minimum absolute atomic E-state index is 0.175. The van der Waals surface area contributed by atoms with E-state index in [-0.39, 0.29) is 6.09 Å². The zero-order valence-corrected chi connectivity index (χ0v) is 12.5. The van der Waals surface area contributed by atoms with Crippen molar-refractivity contribution in [1.29, 1.82) is 0 Å². The molecule has 1 saturated carbocycles. The number of hydrogen-bond acceptors (Lipinski definition) is 3. The number of carbonyl (C=O) groups is 1. The monoisotopic (exact) mass is 269 g/mol. The number of likely N-dealkylation sites (tertiary alicyclic amines) is 1. The van der Waals surface area contributed by atoms with Gasteiger partial charge in [0.05, 0.1) is 6.10 Å². The second-order valence-corrected chi connectivity index (χ2v) is 6.80. The highest BCUT2D eigenvalue weighted by molar-refractivity contribution is 5.68. The van der Waals surface area contributed by atoms with Gasteiger partial charge in [0.2, 0.25) is 0 Å². The molecular formula is C15H27NO3. The van der Waals surface area contributed by atoms with Crippen molar-refractivity contribution in [2.24, 2.45) is 5.92 Å². The Hall–Kier alpha value is -0.770. The van der Waals surface area contributed by atoms with Crippen molar-refractivity contribution in [3.05, 3.63) is 0 Å². The first-order valence-electron chi connectivity index (χ1n) is 7.53. The normalized spacial score (nSPS) is 22.2. The van der Waals surface area contributed by atoms with E-state index in [1.54, 1.807) is 0 Å². The second kappa shape index (κ2) is 6.12. The minimum atomic E-state index is -0.402. The van der Waals surface area contributed by atoms with Crippen molar-refractivity contribution in [3.63, 3.8) is 0 Å². The number of piperidine rings is 1. The third-order valence-corrected chi connectivity index (χ3v) is 3.89. The molecule has 110 valence electrons. The molecule has 2 rings (SSSR count). The smallest absolute Gasteiger partial charge is 0.410 e. The van der Waals surface area contributed by atoms with E-state index in [4.69, 9.17) is 9.47 Å². The highest BCUT2D eigenvalue weighted by Gasteiger charge is 2.27. The molecule has 1 aliphatic heterocycles. The summed E-state index contributed by atoms with van der Waals surface area (Å²) in [5, 5.41) is 0. The lowest BCUT2D eigenvalue weighted by atomic mass is 9.95. The van der Waals surface area contributed by atoms with E-state index in [0.29, 0.717) is 12.0 Å². The average molecular weight is 269 g/mol. The van der Waals surface area contributed by atoms with Gasteiger partial charge >= 0.3 is 6.09 Å². The van der Waals surface area contributed by atoms with E-state index in [0.717, 1.165) is 32.5 Å². The van der Waals surface area contributed by atoms with Crippen LogP contribution in [0.2, 0.25) is 0 Å². The highest BCUT2D eigenvalue weighted by Crippen LogP contribution is 2.25. The molecule has 0 N–H and O–H groups in total. The molecule has 0 aromatic carbocycles. The average Bonchev–Trinajstić information content (AvgIpc) is 2.25. The lowest BCUT2D eigenvalue weighted by molar-refractivity contribution is -0.0291. The van der Waals surface area contributed by atoms with Gasteiger partial charge in [-0.1, -0.05) is 0 Å². The molecule has 0 spiro atoms. The van der Waals surface area contributed by atoms with Crippen LogP contribution in [0.3, 0.4) is 0 Å². The van der Waals surface area contributed by atoms with Crippen molar-refractivity contribution in [1.82, 2.24) is 4.90 Å². The third-order valence-electron chi connectivity index (χ3n) is 3.89. The van der Waals surface area contributed by atoms with E-state index in [9.17, 15) is 4.79 Å². The summed E-state index contributed by atoms with van der Waals surface area (Å²) in [6.07, 6.45) is 6.20. The molecule has 0 aromatic heterocycles. The van der Waals surface area contributed by atoms with E-state index < -0.39 is 5.60 Å². The van der Waals surface area contributed by atoms with Gasteiger partial charge in [-0.3, -0.25) is 0 Å². The maximum absolute atomic E-state index is 11.9. The van der Waals surface area contributed by atoms with Crippen molar-refractivity contribution in [3.8, 4) is 0 Å². The molecule has 1 heterocycles. The molecule has 2 fully saturated rings. The topological polar surface area (TPSA) is 38.8 Å². The summed E-state index contributed by atoms with van der Waals surface area (Å²) < 4.78 is 11.3. The number of nitrogens with zero attached hydrogens (tertiary/aromatic N) is 1. The summed E-state index contributed by atoms with van der Waals surface area (Å²) >= 11 is 0. The SMILES string of the molecule is CC(C)(C)OC(=O)N1CCC(COC2CCC2)CC1. The standard InChI is InChI=1S/C15H27NO3/c1-15(2,3)19-14(17)16-9-7-12(8-10-16)11-18-13-5-4-6-13/h12-13H,4-11H2,1-3H3. The van der Waals surface area contributed by atoms with Crippen LogP contribution in [-0.2, 0) is 9.47 Å². The summed E-state index contributed by atoms with van der Waals surface area (Å²) in [4.78, 5) is 13.7. The Kier molecular flexibility index (Phi) is 4.71. The molecule has 0 unspecified atom stereocenters. The zero-order chi connectivity index (χ0) is 13.9. The quantitative estimate of drug-likeness (QED) is 0.789. The Morgan fingerprint density at radius 2 is 1.79 bits per heavy atom. The van der Waals surface area contributed by atoms with Crippen LogP contribution in [0.15, 0.2) is 0 Å². The zero-order valence-electron chi connectivity index (χ0n) is 12.5. The predicted octanol–water partition coefficient (Wildman–Crippen LogP) is 3.20. The lowest BCUT2D eigenvalue weighted by Gasteiger charge is -2.34. The van der Waals surface area contributed by atoms with E-state index in [1.165, 1.54) is 19.3 Å². The summed E-state index contributed by atoms with van der Waals surface area (Å²) in [5.41, 5.74) is -0.402. The van der Waals surface area contributed by atoms with Gasteiger partial charge in [-0.25, -0.2) is 4.79 Å². The summed E-state index contributed by atoms with van der Waals surface area (Å²) in [6.45, 7) is 8.19. The van der Waals surface area contributed by atoms with E-state index in [2.05, 4.69) is 0 Å². The van der Waals surface area contributed by atoms with Crippen molar-refractivity contribution < 1.29 is 14.3 Å². The van der Waals surface area contributed by atoms with Gasteiger partial charge in [-0.2, -0.15) is 0 Å². The fraction of sp³-hybridized carbons (Fsp3) is 0.933. The van der Waals surface area contributed by atoms with Gasteiger partial charge in [-0.05, 0) is 58.8 Å². The van der Waals surface area contributed by atoms with Crippen LogP contribution in [0.4, 0.5) is 4.79 Å². The molecule has 1 saturated heterocycles. The first-order chi connectivity index (χ1) is 8.94. The van der Waals surface area contributed by atoms with Gasteiger partial charge in [0.15, 0.2) is 0 Å². The van der Waals surface area contributed by atoms with Gasteiger partial charge in [0.25, 0.3) is 0 Å². The molecule has 2 aliphatic rings. The fourth-order valence-electron chi connectivity index (χ4n) is 2.42. The van der Waals surface area contributed by atoms with Gasteiger partial charge in [0.1, 0.15) is 5.60 Å². The molecule has 0 radical (unpaired) electrons. The van der Waals surface area contributed by atoms with Crippen LogP contribution < -0.4 is 0 Å². The Balaban J connectivity index is 1.65. The van der Waals surface area contributed by atoms with Crippen LogP contribution in [0.1, 0.15) is 52.9 Å². The number of amides is 1. The van der Waals surface area contributed by atoms with Gasteiger partial charge in [-0.15, -0.1) is 0 Å². The summed E-state index contributed by atoms with van der Waals surface area (Å²) in [5.74, 6) is 0.610. The first kappa shape index (κ1) is 14.6. The Labute approximate surface area is 116 Å². The Morgan fingerprint density at radius 3 is 2.26 bits per heavy atom. The van der Waals surface area contributed by atoms with Crippen LogP contribution in [0, 0.1) is 5.92 Å². The molecule has 0 atom stereocenters. The maximum Gasteiger partial charge on any atom is 0.410 e. The highest BCUT2D eigenvalue weighted by atomic mass is 16.6. The van der Waals surface area contributed by atoms with Crippen molar-refractivity contribution >= 4 is 6.09 Å². The van der Waals surface area contributed by atoms with Gasteiger partial charge in [0, 0.05) is 19.7 Å². The van der Waals surface area contributed by atoms with Crippen molar-refractivity contribution in [2.45, 2.75) is 64.6 Å². The van der Waals surface area contributed by atoms with Gasteiger partial charge < -0.3 is 14.4 Å². The van der Waals surface area contributed by atoms with Crippen molar-refractivity contribution in [2.75, 3.05) is 19.7 Å². The molecule has 0 bridgehead atoms. The van der Waals surface area contributed by atoms with Crippen LogP contribution in [0.5, 0.6) is 0 Å². The molecular weight excluding hydrogens is 242 g/mol. The van der Waals surface area contributed by atoms with Crippen LogP contribution >= 0.6 is 0 Å². The molecule has 19 heavy (non-hydrogen) atoms. The molecule has 4 heteroatoms. The number of carbonyl (C=O) groups excluding carboxylic acids is 1. The lowest BCUT2D eigenvalue weighted by Crippen LogP contribution is -2.42. The molecule has 0 aromatic rings.